The highest BCUT2D eigenvalue weighted by Gasteiger charge is 2.21. The fourth-order valence-corrected chi connectivity index (χ4v) is 3.68. The van der Waals surface area contributed by atoms with E-state index in [0.29, 0.717) is 16.9 Å². The molecule has 6 nitrogen and oxygen atoms in total. The van der Waals surface area contributed by atoms with Crippen molar-refractivity contribution >= 4 is 16.8 Å². The largest absolute Gasteiger partial charge is 0.496 e. The first kappa shape index (κ1) is 17.1. The number of nitrogens with one attached hydrogen (secondary N) is 1. The van der Waals surface area contributed by atoms with Crippen LogP contribution < -0.4 is 20.2 Å². The van der Waals surface area contributed by atoms with Crippen molar-refractivity contribution in [2.45, 2.75) is 19.5 Å². The van der Waals surface area contributed by atoms with Crippen LogP contribution in [0, 0.1) is 0 Å². The fourth-order valence-electron chi connectivity index (χ4n) is 3.68. The second-order valence-corrected chi connectivity index (χ2v) is 6.45. The summed E-state index contributed by atoms with van der Waals surface area (Å²) in [5, 5.41) is 3.42. The van der Waals surface area contributed by atoms with E-state index in [9.17, 15) is 9.59 Å². The molecule has 1 aromatic heterocycles. The molecule has 0 saturated heterocycles. The molecule has 138 valence electrons. The van der Waals surface area contributed by atoms with Crippen LogP contribution in [0.15, 0.2) is 47.4 Å². The predicted octanol–water partition coefficient (Wildman–Crippen LogP) is 2.50. The van der Waals surface area contributed by atoms with Gasteiger partial charge in [0.05, 0.1) is 31.8 Å². The normalized spacial score (nSPS) is 12.2. The number of aryl methyl sites for hydroxylation is 2. The Bertz CT molecular complexity index is 1080. The van der Waals surface area contributed by atoms with Gasteiger partial charge in [0.2, 0.25) is 5.43 Å². The number of carbonyl (C=O) groups excluding carboxylic acids is 1. The molecule has 1 amide bonds. The van der Waals surface area contributed by atoms with Gasteiger partial charge in [0.15, 0.2) is 0 Å². The number of hydrogen-bond donors (Lipinski definition) is 1. The van der Waals surface area contributed by atoms with Crippen molar-refractivity contribution in [3.05, 3.63) is 69.5 Å². The van der Waals surface area contributed by atoms with Crippen molar-refractivity contribution in [3.8, 4) is 11.5 Å². The van der Waals surface area contributed by atoms with Gasteiger partial charge in [-0.3, -0.25) is 9.59 Å². The van der Waals surface area contributed by atoms with Crippen LogP contribution in [0.4, 0.5) is 0 Å². The number of para-hydroxylation sites is 1. The number of benzene rings is 2. The topological polar surface area (TPSA) is 69.6 Å². The van der Waals surface area contributed by atoms with Gasteiger partial charge in [-0.1, -0.05) is 18.2 Å². The molecule has 1 aliphatic heterocycles. The molecule has 0 bridgehead atoms. The zero-order valence-corrected chi connectivity index (χ0v) is 15.2. The SMILES string of the molecule is COc1cccc(OC)c1CNC(=O)c1cn2c3c(cccc3c1=O)CC2. The van der Waals surface area contributed by atoms with Gasteiger partial charge < -0.3 is 19.4 Å². The minimum absolute atomic E-state index is 0.149. The molecule has 0 atom stereocenters. The highest BCUT2D eigenvalue weighted by molar-refractivity contribution is 5.98. The van der Waals surface area contributed by atoms with E-state index in [0.717, 1.165) is 29.6 Å². The summed E-state index contributed by atoms with van der Waals surface area (Å²) >= 11 is 0. The highest BCUT2D eigenvalue weighted by Crippen LogP contribution is 2.28. The fraction of sp³-hybridized carbons (Fsp3) is 0.238. The van der Waals surface area contributed by atoms with Gasteiger partial charge in [-0.2, -0.15) is 0 Å². The Balaban J connectivity index is 1.66. The van der Waals surface area contributed by atoms with Crippen LogP contribution in [0.2, 0.25) is 0 Å². The number of aromatic nitrogens is 1. The second kappa shape index (κ2) is 6.79. The van der Waals surface area contributed by atoms with Crippen molar-refractivity contribution in [2.24, 2.45) is 0 Å². The van der Waals surface area contributed by atoms with Crippen LogP contribution in [0.1, 0.15) is 21.5 Å². The summed E-state index contributed by atoms with van der Waals surface area (Å²) < 4.78 is 12.7. The van der Waals surface area contributed by atoms with E-state index in [1.165, 1.54) is 0 Å². The summed E-state index contributed by atoms with van der Waals surface area (Å²) in [5.74, 6) is 0.831. The van der Waals surface area contributed by atoms with Gasteiger partial charge >= 0.3 is 0 Å². The van der Waals surface area contributed by atoms with Crippen LogP contribution in [0.3, 0.4) is 0 Å². The number of hydrogen-bond acceptors (Lipinski definition) is 4. The maximum absolute atomic E-state index is 12.8. The summed E-state index contributed by atoms with van der Waals surface area (Å²) in [6.45, 7) is 0.972. The van der Waals surface area contributed by atoms with Gasteiger partial charge in [-0.05, 0) is 30.2 Å². The molecule has 1 aliphatic rings. The molecule has 4 rings (SSSR count). The molecule has 0 unspecified atom stereocenters. The minimum Gasteiger partial charge on any atom is -0.496 e. The van der Waals surface area contributed by atoms with Crippen molar-refractivity contribution in [1.29, 1.82) is 0 Å². The lowest BCUT2D eigenvalue weighted by Gasteiger charge is -2.14. The highest BCUT2D eigenvalue weighted by atomic mass is 16.5. The lowest BCUT2D eigenvalue weighted by atomic mass is 10.1. The maximum atomic E-state index is 12.8. The Morgan fingerprint density at radius 1 is 1.11 bits per heavy atom. The lowest BCUT2D eigenvalue weighted by Crippen LogP contribution is -2.29. The molecule has 0 aliphatic carbocycles. The number of ether oxygens (including phenoxy) is 2. The van der Waals surface area contributed by atoms with Crippen molar-refractivity contribution in [1.82, 2.24) is 9.88 Å². The molecule has 0 saturated carbocycles. The first-order chi connectivity index (χ1) is 13.1. The van der Waals surface area contributed by atoms with Crippen molar-refractivity contribution < 1.29 is 14.3 Å². The summed E-state index contributed by atoms with van der Waals surface area (Å²) in [4.78, 5) is 25.6. The standard InChI is InChI=1S/C21H20N2O4/c1-26-17-7-4-8-18(27-2)15(17)11-22-21(25)16-12-23-10-9-13-5-3-6-14(19(13)23)20(16)24/h3-8,12H,9-11H2,1-2H3,(H,22,25). The van der Waals surface area contributed by atoms with Gasteiger partial charge in [-0.15, -0.1) is 0 Å². The number of methoxy groups -OCH3 is 2. The summed E-state index contributed by atoms with van der Waals surface area (Å²) in [7, 11) is 3.13. The predicted molar refractivity (Wildman–Crippen MR) is 103 cm³/mol. The molecule has 0 fully saturated rings. The van der Waals surface area contributed by atoms with Crippen LogP contribution >= 0.6 is 0 Å². The van der Waals surface area contributed by atoms with E-state index in [4.69, 9.17) is 9.47 Å². The summed E-state index contributed by atoms with van der Waals surface area (Å²) in [5.41, 5.74) is 2.72. The van der Waals surface area contributed by atoms with Gasteiger partial charge in [-0.25, -0.2) is 0 Å². The molecule has 0 spiro atoms. The third kappa shape index (κ3) is 2.83. The zero-order valence-electron chi connectivity index (χ0n) is 15.2. The van der Waals surface area contributed by atoms with Crippen LogP contribution in [0.5, 0.6) is 11.5 Å². The minimum atomic E-state index is -0.407. The maximum Gasteiger partial charge on any atom is 0.257 e. The van der Waals surface area contributed by atoms with E-state index < -0.39 is 5.91 Å². The smallest absolute Gasteiger partial charge is 0.257 e. The lowest BCUT2D eigenvalue weighted by molar-refractivity contribution is 0.0949. The molecular weight excluding hydrogens is 344 g/mol. The average molecular weight is 364 g/mol. The quantitative estimate of drug-likeness (QED) is 0.755. The van der Waals surface area contributed by atoms with Crippen molar-refractivity contribution in [2.75, 3.05) is 14.2 Å². The number of rotatable bonds is 5. The average Bonchev–Trinajstić information content (AvgIpc) is 3.12. The molecule has 27 heavy (non-hydrogen) atoms. The molecule has 3 aromatic rings. The van der Waals surface area contributed by atoms with E-state index in [-0.39, 0.29) is 17.5 Å². The molecule has 2 aromatic carbocycles. The van der Waals surface area contributed by atoms with E-state index in [2.05, 4.69) is 5.32 Å². The molecular formula is C21H20N2O4. The van der Waals surface area contributed by atoms with E-state index in [1.54, 1.807) is 38.6 Å². The first-order valence-electron chi connectivity index (χ1n) is 8.77. The van der Waals surface area contributed by atoms with Gasteiger partial charge in [0.25, 0.3) is 5.91 Å². The summed E-state index contributed by atoms with van der Waals surface area (Å²) in [6, 6.07) is 11.1. The van der Waals surface area contributed by atoms with Crippen LogP contribution in [0.25, 0.3) is 10.9 Å². The molecule has 6 heteroatoms. The third-order valence-corrected chi connectivity index (χ3v) is 5.00. The Hall–Kier alpha value is -3.28. The van der Waals surface area contributed by atoms with E-state index in [1.807, 2.05) is 22.8 Å². The van der Waals surface area contributed by atoms with Crippen molar-refractivity contribution in [3.63, 3.8) is 0 Å². The number of nitrogens with zero attached hydrogens (tertiary/aromatic N) is 1. The Kier molecular flexibility index (Phi) is 4.32. The molecule has 1 N–H and O–H groups in total. The number of amides is 1. The summed E-state index contributed by atoms with van der Waals surface area (Å²) in [6.07, 6.45) is 2.54. The second-order valence-electron chi connectivity index (χ2n) is 6.45. The van der Waals surface area contributed by atoms with Gasteiger partial charge in [0.1, 0.15) is 17.1 Å². The van der Waals surface area contributed by atoms with Gasteiger partial charge in [0, 0.05) is 18.1 Å². The van der Waals surface area contributed by atoms with Crippen LogP contribution in [-0.2, 0) is 19.5 Å². The Labute approximate surface area is 156 Å². The monoisotopic (exact) mass is 364 g/mol. The Morgan fingerprint density at radius 3 is 2.52 bits per heavy atom. The number of pyridine rings is 1. The van der Waals surface area contributed by atoms with E-state index >= 15 is 0 Å². The van der Waals surface area contributed by atoms with Crippen LogP contribution in [-0.4, -0.2) is 24.7 Å². The Morgan fingerprint density at radius 2 is 1.81 bits per heavy atom. The number of carbonyl (C=O) groups is 1. The third-order valence-electron chi connectivity index (χ3n) is 5.00. The molecule has 2 heterocycles. The zero-order chi connectivity index (χ0) is 19.0. The molecule has 0 radical (unpaired) electrons. The first-order valence-corrected chi connectivity index (χ1v) is 8.77.